The average Bonchev–Trinajstić information content (AvgIpc) is 2.58. The van der Waals surface area contributed by atoms with Gasteiger partial charge in [0.2, 0.25) is 0 Å². The summed E-state index contributed by atoms with van der Waals surface area (Å²) in [5.74, 6) is -2.02. The van der Waals surface area contributed by atoms with Gasteiger partial charge in [-0.05, 0) is 65.0 Å². The maximum Gasteiger partial charge on any atom is 0.410 e. The molecule has 0 radical (unpaired) electrons. The maximum atomic E-state index is 13.5. The summed E-state index contributed by atoms with van der Waals surface area (Å²) >= 11 is 0. The number of fused-ring (bicyclic) bond motifs is 2. The molecule has 2 aliphatic rings. The van der Waals surface area contributed by atoms with Crippen molar-refractivity contribution >= 4 is 11.9 Å². The Hall–Kier alpha value is -2.25. The van der Waals surface area contributed by atoms with Crippen LogP contribution in [0.3, 0.4) is 0 Å². The summed E-state index contributed by atoms with van der Waals surface area (Å²) in [6.07, 6.45) is 2.90. The molecule has 0 spiro atoms. The fraction of sp³-hybridized carbons (Fsp3) is 0.619. The number of carbonyl (C=O) groups excluding carboxylic acids is 2. The van der Waals surface area contributed by atoms with Gasteiger partial charge in [0.05, 0.1) is 5.56 Å². The Morgan fingerprint density at radius 3 is 2.31 bits per heavy atom. The lowest BCUT2D eigenvalue weighted by molar-refractivity contribution is -0.0506. The molecule has 8 heteroatoms. The van der Waals surface area contributed by atoms with E-state index < -0.39 is 29.7 Å². The van der Waals surface area contributed by atoms with Gasteiger partial charge in [0.1, 0.15) is 17.2 Å². The van der Waals surface area contributed by atoms with Crippen LogP contribution in [0.2, 0.25) is 0 Å². The molecule has 29 heavy (non-hydrogen) atoms. The van der Waals surface area contributed by atoms with E-state index in [1.165, 1.54) is 6.07 Å². The standard InChI is InChI=1S/C21H26F3NO4/c1-21(2,3)29-20(27)25-14-5-4-6-15(25)10-12(9-14)18(26)16-8-7-13(22)11-17(16)28-19(23)24/h7-8,11-12,14-15,19H,4-6,9-10H2,1-3H3. The monoisotopic (exact) mass is 413 g/mol. The van der Waals surface area contributed by atoms with Gasteiger partial charge >= 0.3 is 12.7 Å². The normalized spacial score (nSPS) is 24.4. The van der Waals surface area contributed by atoms with E-state index in [4.69, 9.17) is 4.74 Å². The molecular formula is C21H26F3NO4. The number of hydrogen-bond donors (Lipinski definition) is 0. The third kappa shape index (κ3) is 5.03. The second-order valence-corrected chi connectivity index (χ2v) is 8.68. The number of alkyl halides is 2. The van der Waals surface area contributed by atoms with Gasteiger partial charge in [-0.2, -0.15) is 8.78 Å². The van der Waals surface area contributed by atoms with Crippen molar-refractivity contribution in [1.82, 2.24) is 4.90 Å². The molecule has 5 nitrogen and oxygen atoms in total. The highest BCUT2D eigenvalue weighted by molar-refractivity contribution is 6.00. The van der Waals surface area contributed by atoms with Crippen LogP contribution in [0.4, 0.5) is 18.0 Å². The van der Waals surface area contributed by atoms with E-state index in [0.717, 1.165) is 31.4 Å². The van der Waals surface area contributed by atoms with E-state index in [2.05, 4.69) is 4.74 Å². The van der Waals surface area contributed by atoms with Gasteiger partial charge in [0, 0.05) is 24.1 Å². The topological polar surface area (TPSA) is 55.8 Å². The number of carbonyl (C=O) groups is 2. The summed E-state index contributed by atoms with van der Waals surface area (Å²) in [7, 11) is 0. The van der Waals surface area contributed by atoms with Gasteiger partial charge in [0.25, 0.3) is 0 Å². The molecule has 2 saturated heterocycles. The van der Waals surface area contributed by atoms with Crippen LogP contribution in [0.5, 0.6) is 5.75 Å². The Morgan fingerprint density at radius 2 is 1.76 bits per heavy atom. The van der Waals surface area contributed by atoms with Crippen LogP contribution in [0.25, 0.3) is 0 Å². The van der Waals surface area contributed by atoms with Gasteiger partial charge in [-0.3, -0.25) is 4.79 Å². The zero-order valence-corrected chi connectivity index (χ0v) is 16.8. The number of nitrogens with zero attached hydrogens (tertiary/aromatic N) is 1. The van der Waals surface area contributed by atoms with Crippen molar-refractivity contribution in [3.05, 3.63) is 29.6 Å². The van der Waals surface area contributed by atoms with E-state index >= 15 is 0 Å². The smallest absolute Gasteiger partial charge is 0.410 e. The van der Waals surface area contributed by atoms with E-state index in [1.54, 1.807) is 25.7 Å². The summed E-state index contributed by atoms with van der Waals surface area (Å²) in [6, 6.07) is 2.75. The number of Topliss-reactive ketones (excluding diaryl/α,β-unsaturated/α-hetero) is 1. The lowest BCUT2D eigenvalue weighted by Crippen LogP contribution is -2.56. The highest BCUT2D eigenvalue weighted by atomic mass is 19.3. The molecule has 2 heterocycles. The number of piperidine rings is 2. The predicted octanol–water partition coefficient (Wildman–Crippen LogP) is 5.18. The summed E-state index contributed by atoms with van der Waals surface area (Å²) in [5, 5.41) is 0. The lowest BCUT2D eigenvalue weighted by Gasteiger charge is -2.48. The molecule has 0 saturated carbocycles. The Kier molecular flexibility index (Phi) is 6.10. The van der Waals surface area contributed by atoms with Crippen molar-refractivity contribution in [2.24, 2.45) is 5.92 Å². The number of ketones is 1. The third-order valence-electron chi connectivity index (χ3n) is 5.37. The highest BCUT2D eigenvalue weighted by Crippen LogP contribution is 2.40. The summed E-state index contributed by atoms with van der Waals surface area (Å²) < 4.78 is 48.7. The molecule has 160 valence electrons. The van der Waals surface area contributed by atoms with Crippen LogP contribution < -0.4 is 4.74 Å². The first-order chi connectivity index (χ1) is 13.5. The van der Waals surface area contributed by atoms with Crippen molar-refractivity contribution in [3.8, 4) is 5.75 Å². The van der Waals surface area contributed by atoms with E-state index in [0.29, 0.717) is 12.8 Å². The number of amides is 1. The molecule has 2 fully saturated rings. The Bertz CT molecular complexity index is 764. The van der Waals surface area contributed by atoms with E-state index in [1.807, 2.05) is 0 Å². The van der Waals surface area contributed by atoms with Crippen LogP contribution >= 0.6 is 0 Å². The fourth-order valence-electron chi connectivity index (χ4n) is 4.32. The third-order valence-corrected chi connectivity index (χ3v) is 5.37. The number of halogens is 3. The molecule has 2 atom stereocenters. The first kappa shape index (κ1) is 21.5. The number of rotatable bonds is 4. The van der Waals surface area contributed by atoms with Crippen molar-refractivity contribution in [2.75, 3.05) is 0 Å². The molecule has 2 unspecified atom stereocenters. The van der Waals surface area contributed by atoms with Crippen LogP contribution in [0, 0.1) is 11.7 Å². The van der Waals surface area contributed by atoms with Crippen LogP contribution in [-0.2, 0) is 4.74 Å². The molecule has 1 aromatic carbocycles. The molecule has 2 aliphatic heterocycles. The van der Waals surface area contributed by atoms with Crippen molar-refractivity contribution in [1.29, 1.82) is 0 Å². The molecule has 1 aromatic rings. The molecule has 0 aliphatic carbocycles. The second kappa shape index (κ2) is 8.24. The lowest BCUT2D eigenvalue weighted by atomic mass is 9.75. The van der Waals surface area contributed by atoms with Crippen LogP contribution in [-0.4, -0.2) is 41.1 Å². The number of benzene rings is 1. The van der Waals surface area contributed by atoms with Gasteiger partial charge < -0.3 is 14.4 Å². The van der Waals surface area contributed by atoms with Crippen molar-refractivity contribution < 1.29 is 32.2 Å². The van der Waals surface area contributed by atoms with Gasteiger partial charge in [-0.15, -0.1) is 0 Å². The van der Waals surface area contributed by atoms with Crippen LogP contribution in [0.15, 0.2) is 18.2 Å². The molecule has 3 rings (SSSR count). The zero-order valence-electron chi connectivity index (χ0n) is 16.8. The minimum absolute atomic E-state index is 0.0551. The molecule has 0 aromatic heterocycles. The van der Waals surface area contributed by atoms with Gasteiger partial charge in [0.15, 0.2) is 5.78 Å². The maximum absolute atomic E-state index is 13.5. The SMILES string of the molecule is CC(C)(C)OC(=O)N1C2CCCC1CC(C(=O)c1ccc(F)cc1OC(F)F)C2. The summed E-state index contributed by atoms with van der Waals surface area (Å²) in [6.45, 7) is 2.25. The fourth-order valence-corrected chi connectivity index (χ4v) is 4.32. The average molecular weight is 413 g/mol. The van der Waals surface area contributed by atoms with Gasteiger partial charge in [-0.1, -0.05) is 0 Å². The molecular weight excluding hydrogens is 387 g/mol. The van der Waals surface area contributed by atoms with Crippen LogP contribution in [0.1, 0.15) is 63.2 Å². The minimum Gasteiger partial charge on any atom is -0.444 e. The first-order valence-electron chi connectivity index (χ1n) is 9.85. The minimum atomic E-state index is -3.16. The highest BCUT2D eigenvalue weighted by Gasteiger charge is 2.44. The van der Waals surface area contributed by atoms with E-state index in [9.17, 15) is 22.8 Å². The van der Waals surface area contributed by atoms with Gasteiger partial charge in [-0.25, -0.2) is 9.18 Å². The number of ether oxygens (including phenoxy) is 2. The molecule has 0 N–H and O–H groups in total. The number of hydrogen-bond acceptors (Lipinski definition) is 4. The summed E-state index contributed by atoms with van der Waals surface area (Å²) in [4.78, 5) is 27.5. The Labute approximate surface area is 168 Å². The summed E-state index contributed by atoms with van der Waals surface area (Å²) in [5.41, 5.74) is -0.672. The second-order valence-electron chi connectivity index (χ2n) is 8.68. The van der Waals surface area contributed by atoms with Crippen molar-refractivity contribution in [3.63, 3.8) is 0 Å². The van der Waals surface area contributed by atoms with Crippen molar-refractivity contribution in [2.45, 2.75) is 77.2 Å². The van der Waals surface area contributed by atoms with E-state index in [-0.39, 0.29) is 29.5 Å². The Morgan fingerprint density at radius 1 is 1.14 bits per heavy atom. The first-order valence-corrected chi connectivity index (χ1v) is 9.85. The quantitative estimate of drug-likeness (QED) is 0.639. The predicted molar refractivity (Wildman–Crippen MR) is 99.6 cm³/mol. The Balaban J connectivity index is 1.79. The molecule has 1 amide bonds. The largest absolute Gasteiger partial charge is 0.444 e. The molecule has 2 bridgehead atoms. The zero-order chi connectivity index (χ0) is 21.3.